The van der Waals surface area contributed by atoms with Crippen LogP contribution in [0.25, 0.3) is 0 Å². The lowest BCUT2D eigenvalue weighted by Crippen LogP contribution is -2.38. The molecular weight excluding hydrogens is 278 g/mol. The highest BCUT2D eigenvalue weighted by molar-refractivity contribution is 7.80. The number of rotatable bonds is 5. The van der Waals surface area contributed by atoms with Gasteiger partial charge < -0.3 is 14.8 Å². The van der Waals surface area contributed by atoms with Gasteiger partial charge in [-0.15, -0.1) is 0 Å². The minimum atomic E-state index is -0.958. The van der Waals surface area contributed by atoms with Gasteiger partial charge in [0.25, 0.3) is 0 Å². The van der Waals surface area contributed by atoms with E-state index in [9.17, 15) is 4.79 Å². The molecule has 2 aromatic rings. The first-order chi connectivity index (χ1) is 9.65. The highest BCUT2D eigenvalue weighted by Crippen LogP contribution is 2.08. The summed E-state index contributed by atoms with van der Waals surface area (Å²) in [6.07, 6.45) is 1.59. The normalized spacial score (nSPS) is 9.80. The van der Waals surface area contributed by atoms with E-state index in [2.05, 4.69) is 16.2 Å². The number of aromatic carboxylic acids is 1. The lowest BCUT2D eigenvalue weighted by atomic mass is 10.2. The first-order valence-electron chi connectivity index (χ1n) is 5.81. The number of carboxylic acid groups (broad SMARTS) is 1. The molecule has 6 nitrogen and oxygen atoms in total. The molecule has 2 rings (SSSR count). The number of hydrogen-bond donors (Lipinski definition) is 4. The number of carbonyl (C=O) groups is 1. The summed E-state index contributed by atoms with van der Waals surface area (Å²) in [6.45, 7) is 0.485. The average molecular weight is 291 g/mol. The minimum absolute atomic E-state index is 0.231. The molecule has 0 spiro atoms. The number of nitrogens with one attached hydrogen (secondary N) is 3. The van der Waals surface area contributed by atoms with Crippen LogP contribution < -0.4 is 16.2 Å². The van der Waals surface area contributed by atoms with Crippen molar-refractivity contribution in [2.24, 2.45) is 0 Å². The summed E-state index contributed by atoms with van der Waals surface area (Å²) in [7, 11) is 0. The van der Waals surface area contributed by atoms with Gasteiger partial charge in [0.2, 0.25) is 0 Å². The van der Waals surface area contributed by atoms with Crippen LogP contribution in [-0.2, 0) is 6.54 Å². The summed E-state index contributed by atoms with van der Waals surface area (Å²) in [5.41, 5.74) is 6.59. The quantitative estimate of drug-likeness (QED) is 0.495. The standard InChI is InChI=1S/C13H13N3O3S/c17-12(18)9-3-5-10(6-4-9)15-16-13(20)14-8-11-2-1-7-19-11/h1-7,15H,8H2,(H,17,18)(H2,14,16,20). The van der Waals surface area contributed by atoms with E-state index < -0.39 is 5.97 Å². The molecule has 0 aliphatic rings. The molecule has 7 heteroatoms. The maximum atomic E-state index is 10.7. The van der Waals surface area contributed by atoms with E-state index in [1.54, 1.807) is 24.5 Å². The van der Waals surface area contributed by atoms with Crippen LogP contribution in [0.1, 0.15) is 16.1 Å². The van der Waals surface area contributed by atoms with Crippen molar-refractivity contribution >= 4 is 29.0 Å². The molecule has 104 valence electrons. The van der Waals surface area contributed by atoms with Gasteiger partial charge in [0.1, 0.15) is 5.76 Å². The molecule has 0 bridgehead atoms. The predicted octanol–water partition coefficient (Wildman–Crippen LogP) is 1.97. The Labute approximate surface area is 120 Å². The molecule has 1 heterocycles. The first kappa shape index (κ1) is 13.9. The Morgan fingerprint density at radius 1 is 1.25 bits per heavy atom. The van der Waals surface area contributed by atoms with E-state index in [0.717, 1.165) is 5.76 Å². The maximum Gasteiger partial charge on any atom is 0.335 e. The van der Waals surface area contributed by atoms with Gasteiger partial charge in [-0.1, -0.05) is 0 Å². The van der Waals surface area contributed by atoms with Gasteiger partial charge in [0, 0.05) is 0 Å². The van der Waals surface area contributed by atoms with Crippen LogP contribution in [0.15, 0.2) is 47.1 Å². The van der Waals surface area contributed by atoms with Crippen LogP contribution in [0.2, 0.25) is 0 Å². The van der Waals surface area contributed by atoms with E-state index >= 15 is 0 Å². The van der Waals surface area contributed by atoms with E-state index in [0.29, 0.717) is 17.3 Å². The largest absolute Gasteiger partial charge is 0.478 e. The maximum absolute atomic E-state index is 10.7. The van der Waals surface area contributed by atoms with E-state index in [1.807, 2.05) is 6.07 Å². The van der Waals surface area contributed by atoms with Crippen molar-refractivity contribution in [3.63, 3.8) is 0 Å². The van der Waals surface area contributed by atoms with Gasteiger partial charge >= 0.3 is 5.97 Å². The topological polar surface area (TPSA) is 86.5 Å². The van der Waals surface area contributed by atoms with Gasteiger partial charge in [0.15, 0.2) is 5.11 Å². The molecular formula is C13H13N3O3S. The third-order valence-electron chi connectivity index (χ3n) is 2.46. The Morgan fingerprint density at radius 3 is 2.60 bits per heavy atom. The number of hydrogen-bond acceptors (Lipinski definition) is 4. The summed E-state index contributed by atoms with van der Waals surface area (Å²) < 4.78 is 5.16. The summed E-state index contributed by atoms with van der Waals surface area (Å²) in [4.78, 5) is 10.7. The second-order valence-electron chi connectivity index (χ2n) is 3.89. The van der Waals surface area contributed by atoms with Crippen molar-refractivity contribution in [3.8, 4) is 0 Å². The Hall–Kier alpha value is -2.54. The predicted molar refractivity (Wildman–Crippen MR) is 78.3 cm³/mol. The molecule has 0 aliphatic heterocycles. The zero-order valence-electron chi connectivity index (χ0n) is 10.4. The number of hydrazine groups is 1. The first-order valence-corrected chi connectivity index (χ1v) is 6.21. The molecule has 0 radical (unpaired) electrons. The summed E-state index contributed by atoms with van der Waals surface area (Å²) >= 11 is 5.07. The van der Waals surface area contributed by atoms with Crippen LogP contribution in [0, 0.1) is 0 Å². The minimum Gasteiger partial charge on any atom is -0.478 e. The number of thiocarbonyl (C=S) groups is 1. The van der Waals surface area contributed by atoms with Crippen LogP contribution in [0.3, 0.4) is 0 Å². The molecule has 1 aromatic carbocycles. The van der Waals surface area contributed by atoms with Crippen LogP contribution >= 0.6 is 12.2 Å². The number of benzene rings is 1. The van der Waals surface area contributed by atoms with Crippen molar-refractivity contribution in [2.75, 3.05) is 5.43 Å². The molecule has 1 aromatic heterocycles. The molecule has 0 amide bonds. The molecule has 0 aliphatic carbocycles. The van der Waals surface area contributed by atoms with Crippen LogP contribution in [0.4, 0.5) is 5.69 Å². The van der Waals surface area contributed by atoms with Crippen LogP contribution in [-0.4, -0.2) is 16.2 Å². The van der Waals surface area contributed by atoms with Crippen molar-refractivity contribution in [3.05, 3.63) is 54.0 Å². The molecule has 0 saturated heterocycles. The van der Waals surface area contributed by atoms with Gasteiger partial charge in [-0.05, 0) is 48.6 Å². The monoisotopic (exact) mass is 291 g/mol. The Balaban J connectivity index is 1.76. The van der Waals surface area contributed by atoms with Gasteiger partial charge in [-0.25, -0.2) is 4.79 Å². The lowest BCUT2D eigenvalue weighted by molar-refractivity contribution is 0.0697. The van der Waals surface area contributed by atoms with E-state index in [1.165, 1.54) is 12.1 Å². The number of anilines is 1. The zero-order valence-corrected chi connectivity index (χ0v) is 11.2. The van der Waals surface area contributed by atoms with Crippen molar-refractivity contribution in [2.45, 2.75) is 6.54 Å². The number of carboxylic acids is 1. The summed E-state index contributed by atoms with van der Waals surface area (Å²) in [5, 5.41) is 12.1. The second kappa shape index (κ2) is 6.58. The smallest absolute Gasteiger partial charge is 0.335 e. The van der Waals surface area contributed by atoms with Gasteiger partial charge in [-0.3, -0.25) is 10.9 Å². The van der Waals surface area contributed by atoms with Gasteiger partial charge in [-0.2, -0.15) is 0 Å². The van der Waals surface area contributed by atoms with Crippen molar-refractivity contribution in [1.29, 1.82) is 0 Å². The Kier molecular flexibility index (Phi) is 4.56. The zero-order chi connectivity index (χ0) is 14.4. The molecule has 0 saturated carbocycles. The Morgan fingerprint density at radius 2 is 2.00 bits per heavy atom. The Bertz CT molecular complexity index is 581. The fourth-order valence-electron chi connectivity index (χ4n) is 1.45. The van der Waals surface area contributed by atoms with Crippen molar-refractivity contribution in [1.82, 2.24) is 10.7 Å². The third-order valence-corrected chi connectivity index (χ3v) is 2.70. The van der Waals surface area contributed by atoms with E-state index in [-0.39, 0.29) is 5.56 Å². The molecule has 0 unspecified atom stereocenters. The summed E-state index contributed by atoms with van der Waals surface area (Å²) in [6, 6.07) is 9.94. The van der Waals surface area contributed by atoms with E-state index in [4.69, 9.17) is 21.7 Å². The fourth-order valence-corrected chi connectivity index (χ4v) is 1.57. The fraction of sp³-hybridized carbons (Fsp3) is 0.0769. The molecule has 4 N–H and O–H groups in total. The SMILES string of the molecule is O=C(O)c1ccc(NNC(=S)NCc2ccco2)cc1. The molecule has 0 fully saturated rings. The highest BCUT2D eigenvalue weighted by atomic mass is 32.1. The average Bonchev–Trinajstić information content (AvgIpc) is 2.96. The second-order valence-corrected chi connectivity index (χ2v) is 4.30. The highest BCUT2D eigenvalue weighted by Gasteiger charge is 2.02. The van der Waals surface area contributed by atoms with Crippen molar-refractivity contribution < 1.29 is 14.3 Å². The lowest BCUT2D eigenvalue weighted by Gasteiger charge is -2.11. The van der Waals surface area contributed by atoms with Gasteiger partial charge in [0.05, 0.1) is 24.1 Å². The number of furan rings is 1. The summed E-state index contributed by atoms with van der Waals surface area (Å²) in [5.74, 6) is -0.180. The molecule has 0 atom stereocenters. The van der Waals surface area contributed by atoms with Crippen LogP contribution in [0.5, 0.6) is 0 Å². The molecule has 20 heavy (non-hydrogen) atoms. The third kappa shape index (κ3) is 3.99.